The van der Waals surface area contributed by atoms with Gasteiger partial charge in [0, 0.05) is 44.7 Å². The number of hydrogen-bond acceptors (Lipinski definition) is 7. The Kier molecular flexibility index (Phi) is 6.03. The Morgan fingerprint density at radius 3 is 2.76 bits per heavy atom. The van der Waals surface area contributed by atoms with E-state index in [9.17, 15) is 4.79 Å². The molecule has 0 radical (unpaired) electrons. The number of aromatic nitrogens is 2. The van der Waals surface area contributed by atoms with Crippen molar-refractivity contribution in [3.05, 3.63) is 11.7 Å². The van der Waals surface area contributed by atoms with E-state index in [1.165, 1.54) is 0 Å². The van der Waals surface area contributed by atoms with Gasteiger partial charge in [0.05, 0.1) is 6.54 Å². The van der Waals surface area contributed by atoms with E-state index in [1.807, 2.05) is 18.7 Å². The average molecular weight is 351 g/mol. The summed E-state index contributed by atoms with van der Waals surface area (Å²) in [4.78, 5) is 21.2. The van der Waals surface area contributed by atoms with Crippen LogP contribution in [0.2, 0.25) is 0 Å². The molecule has 1 aromatic heterocycles. The molecular weight excluding hydrogens is 322 g/mol. The molecule has 3 atom stereocenters. The molecule has 1 aliphatic carbocycles. The third-order valence-corrected chi connectivity index (χ3v) is 5.13. The lowest BCUT2D eigenvalue weighted by Gasteiger charge is -2.35. The summed E-state index contributed by atoms with van der Waals surface area (Å²) < 4.78 is 10.8. The van der Waals surface area contributed by atoms with Crippen molar-refractivity contribution >= 4 is 5.91 Å². The highest BCUT2D eigenvalue weighted by atomic mass is 16.5. The predicted octanol–water partition coefficient (Wildman–Crippen LogP) is 0.939. The van der Waals surface area contributed by atoms with Gasteiger partial charge in [0.25, 0.3) is 0 Å². The van der Waals surface area contributed by atoms with Crippen LogP contribution in [0.1, 0.15) is 50.9 Å². The summed E-state index contributed by atoms with van der Waals surface area (Å²) in [6.45, 7) is 8.23. The Balaban J connectivity index is 1.45. The van der Waals surface area contributed by atoms with Gasteiger partial charge in [-0.15, -0.1) is 0 Å². The van der Waals surface area contributed by atoms with Crippen LogP contribution in [0.3, 0.4) is 0 Å². The minimum Gasteiger partial charge on any atom is -0.371 e. The Hall–Kier alpha value is -1.51. The molecule has 8 nitrogen and oxygen atoms in total. The van der Waals surface area contributed by atoms with Crippen molar-refractivity contribution in [2.75, 3.05) is 32.8 Å². The van der Waals surface area contributed by atoms with Crippen LogP contribution in [0, 0.1) is 5.92 Å². The largest absolute Gasteiger partial charge is 0.371 e. The normalized spacial score (nSPS) is 26.1. The SMILES string of the molecule is CCO[C@H](C)c1noc(CN2CCN(C(=O)[C@H]3CC[C@H](N)C3)CC2)n1. The van der Waals surface area contributed by atoms with E-state index in [2.05, 4.69) is 15.0 Å². The number of nitrogens with zero attached hydrogens (tertiary/aromatic N) is 4. The average Bonchev–Trinajstić information content (AvgIpc) is 3.24. The number of ether oxygens (including phenoxy) is 1. The summed E-state index contributed by atoms with van der Waals surface area (Å²) in [5.41, 5.74) is 5.93. The third-order valence-electron chi connectivity index (χ3n) is 5.13. The molecule has 1 saturated heterocycles. The minimum absolute atomic E-state index is 0.125. The first kappa shape index (κ1) is 18.3. The standard InChI is InChI=1S/C17H29N5O3/c1-3-24-12(2)16-19-15(25-20-16)11-21-6-8-22(9-7-21)17(23)13-4-5-14(18)10-13/h12-14H,3-11,18H2,1-2H3/t12-,13+,14+/m1/s1. The van der Waals surface area contributed by atoms with Gasteiger partial charge in [-0.25, -0.2) is 0 Å². The van der Waals surface area contributed by atoms with Gasteiger partial charge in [0.15, 0.2) is 5.82 Å². The van der Waals surface area contributed by atoms with Crippen LogP contribution in [0.5, 0.6) is 0 Å². The number of nitrogens with two attached hydrogens (primary N) is 1. The molecule has 25 heavy (non-hydrogen) atoms. The smallest absolute Gasteiger partial charge is 0.240 e. The zero-order chi connectivity index (χ0) is 17.8. The number of piperazine rings is 1. The highest BCUT2D eigenvalue weighted by Crippen LogP contribution is 2.26. The Bertz CT molecular complexity index is 570. The van der Waals surface area contributed by atoms with Gasteiger partial charge in [-0.2, -0.15) is 4.98 Å². The predicted molar refractivity (Wildman–Crippen MR) is 91.5 cm³/mol. The summed E-state index contributed by atoms with van der Waals surface area (Å²) in [6, 6.07) is 0.195. The molecule has 3 rings (SSSR count). The molecule has 2 fully saturated rings. The molecule has 1 aliphatic heterocycles. The number of hydrogen-bond donors (Lipinski definition) is 1. The minimum atomic E-state index is -0.158. The second kappa shape index (κ2) is 8.25. The molecular formula is C17H29N5O3. The molecule has 0 spiro atoms. The van der Waals surface area contributed by atoms with Crippen LogP contribution in [0.15, 0.2) is 4.52 Å². The fourth-order valence-electron chi connectivity index (χ4n) is 3.64. The molecule has 8 heteroatoms. The first-order valence-electron chi connectivity index (χ1n) is 9.27. The first-order valence-corrected chi connectivity index (χ1v) is 9.27. The highest BCUT2D eigenvalue weighted by Gasteiger charge is 2.32. The van der Waals surface area contributed by atoms with E-state index in [0.29, 0.717) is 24.9 Å². The van der Waals surface area contributed by atoms with Crippen LogP contribution in [-0.4, -0.2) is 64.7 Å². The quantitative estimate of drug-likeness (QED) is 0.814. The lowest BCUT2D eigenvalue weighted by atomic mass is 10.1. The lowest BCUT2D eigenvalue weighted by molar-refractivity contribution is -0.137. The summed E-state index contributed by atoms with van der Waals surface area (Å²) in [5.74, 6) is 1.59. The molecule has 2 N–H and O–H groups in total. The Labute approximate surface area is 148 Å². The lowest BCUT2D eigenvalue weighted by Crippen LogP contribution is -2.49. The molecule has 1 aromatic rings. The van der Waals surface area contributed by atoms with E-state index in [4.69, 9.17) is 15.0 Å². The molecule has 0 unspecified atom stereocenters. The first-order chi connectivity index (χ1) is 12.1. The number of carbonyl (C=O) groups excluding carboxylic acids is 1. The van der Waals surface area contributed by atoms with Gasteiger partial charge in [-0.1, -0.05) is 5.16 Å². The van der Waals surface area contributed by atoms with Gasteiger partial charge >= 0.3 is 0 Å². The van der Waals surface area contributed by atoms with Crippen molar-refractivity contribution in [3.63, 3.8) is 0 Å². The monoisotopic (exact) mass is 351 g/mol. The maximum absolute atomic E-state index is 12.5. The second-order valence-corrected chi connectivity index (χ2v) is 7.02. The molecule has 1 saturated carbocycles. The molecule has 0 bridgehead atoms. The Morgan fingerprint density at radius 2 is 2.12 bits per heavy atom. The van der Waals surface area contributed by atoms with E-state index >= 15 is 0 Å². The molecule has 1 amide bonds. The number of amides is 1. The van der Waals surface area contributed by atoms with Crippen LogP contribution < -0.4 is 5.73 Å². The maximum Gasteiger partial charge on any atom is 0.240 e. The molecule has 2 aliphatic rings. The van der Waals surface area contributed by atoms with Gasteiger partial charge < -0.3 is 19.9 Å². The summed E-state index contributed by atoms with van der Waals surface area (Å²) in [7, 11) is 0. The van der Waals surface area contributed by atoms with Crippen molar-refractivity contribution in [2.24, 2.45) is 11.7 Å². The summed E-state index contributed by atoms with van der Waals surface area (Å²) in [6.07, 6.45) is 2.58. The third kappa shape index (κ3) is 4.56. The fraction of sp³-hybridized carbons (Fsp3) is 0.824. The van der Waals surface area contributed by atoms with Crippen LogP contribution in [0.25, 0.3) is 0 Å². The van der Waals surface area contributed by atoms with Crippen molar-refractivity contribution in [1.29, 1.82) is 0 Å². The zero-order valence-electron chi connectivity index (χ0n) is 15.2. The zero-order valence-corrected chi connectivity index (χ0v) is 15.2. The highest BCUT2D eigenvalue weighted by molar-refractivity contribution is 5.79. The topological polar surface area (TPSA) is 97.7 Å². The van der Waals surface area contributed by atoms with E-state index in [0.717, 1.165) is 45.4 Å². The van der Waals surface area contributed by atoms with E-state index in [1.54, 1.807) is 0 Å². The van der Waals surface area contributed by atoms with Gasteiger partial charge in [-0.3, -0.25) is 9.69 Å². The van der Waals surface area contributed by atoms with Gasteiger partial charge in [-0.05, 0) is 33.1 Å². The van der Waals surface area contributed by atoms with Crippen molar-refractivity contribution in [1.82, 2.24) is 19.9 Å². The van der Waals surface area contributed by atoms with Crippen molar-refractivity contribution in [2.45, 2.75) is 51.8 Å². The maximum atomic E-state index is 12.5. The summed E-state index contributed by atoms with van der Waals surface area (Å²) in [5, 5.41) is 3.99. The molecule has 0 aromatic carbocycles. The van der Waals surface area contributed by atoms with E-state index < -0.39 is 0 Å². The second-order valence-electron chi connectivity index (χ2n) is 7.02. The number of carbonyl (C=O) groups is 1. The molecule has 140 valence electrons. The fourth-order valence-corrected chi connectivity index (χ4v) is 3.64. The van der Waals surface area contributed by atoms with Crippen molar-refractivity contribution < 1.29 is 14.1 Å². The van der Waals surface area contributed by atoms with Crippen LogP contribution in [-0.2, 0) is 16.1 Å². The van der Waals surface area contributed by atoms with Crippen LogP contribution in [0.4, 0.5) is 0 Å². The summed E-state index contributed by atoms with van der Waals surface area (Å²) >= 11 is 0. The van der Waals surface area contributed by atoms with E-state index in [-0.39, 0.29) is 24.0 Å². The Morgan fingerprint density at radius 1 is 1.36 bits per heavy atom. The van der Waals surface area contributed by atoms with Crippen molar-refractivity contribution in [3.8, 4) is 0 Å². The van der Waals surface area contributed by atoms with Gasteiger partial charge in [0.1, 0.15) is 6.10 Å². The number of rotatable bonds is 6. The van der Waals surface area contributed by atoms with Crippen LogP contribution >= 0.6 is 0 Å². The van der Waals surface area contributed by atoms with Gasteiger partial charge in [0.2, 0.25) is 11.8 Å². The molecule has 2 heterocycles.